The largest absolute Gasteiger partial charge is 0.376 e. The van der Waals surface area contributed by atoms with Crippen LogP contribution in [0.3, 0.4) is 0 Å². The van der Waals surface area contributed by atoms with Crippen LogP contribution < -0.4 is 15.6 Å². The van der Waals surface area contributed by atoms with Gasteiger partial charge in [-0.15, -0.1) is 0 Å². The normalized spacial score (nSPS) is 20.8. The Morgan fingerprint density at radius 2 is 2.32 bits per heavy atom. The highest BCUT2D eigenvalue weighted by atomic mass is 32.1. The fraction of sp³-hybridized carbons (Fsp3) is 0.500. The van der Waals surface area contributed by atoms with Crippen LogP contribution in [0.5, 0.6) is 0 Å². The van der Waals surface area contributed by atoms with E-state index in [1.165, 1.54) is 0 Å². The van der Waals surface area contributed by atoms with Crippen LogP contribution in [0, 0.1) is 0 Å². The summed E-state index contributed by atoms with van der Waals surface area (Å²) in [4.78, 5) is 13.7. The van der Waals surface area contributed by atoms with E-state index in [0.717, 1.165) is 49.4 Å². The molecule has 0 bridgehead atoms. The molecule has 1 atom stereocenters. The lowest BCUT2D eigenvalue weighted by Crippen LogP contribution is -2.37. The number of nitrogens with zero attached hydrogens (tertiary/aromatic N) is 2. The summed E-state index contributed by atoms with van der Waals surface area (Å²) in [6, 6.07) is 7.88. The van der Waals surface area contributed by atoms with Crippen LogP contribution in [-0.2, 0) is 9.53 Å². The minimum atomic E-state index is 0.185. The lowest BCUT2D eigenvalue weighted by atomic mass is 10.1. The third-order valence-electron chi connectivity index (χ3n) is 4.49. The molecule has 2 heterocycles. The number of nitrogens with one attached hydrogen (secondary N) is 2. The van der Waals surface area contributed by atoms with E-state index >= 15 is 0 Å². The van der Waals surface area contributed by atoms with Crippen LogP contribution in [0.4, 0.5) is 5.69 Å². The molecular formula is C18H24N4O2S. The van der Waals surface area contributed by atoms with Gasteiger partial charge in [0.2, 0.25) is 5.91 Å². The molecule has 2 fully saturated rings. The summed E-state index contributed by atoms with van der Waals surface area (Å²) < 4.78 is 5.55. The van der Waals surface area contributed by atoms with E-state index in [1.807, 2.05) is 36.1 Å². The van der Waals surface area contributed by atoms with E-state index in [2.05, 4.69) is 15.8 Å². The number of amides is 1. The number of thiocarbonyl (C=S) groups is 1. The van der Waals surface area contributed by atoms with Crippen LogP contribution >= 0.6 is 12.2 Å². The first kappa shape index (κ1) is 17.8. The predicted octanol–water partition coefficient (Wildman–Crippen LogP) is 2.18. The maximum atomic E-state index is 11.9. The standard InChI is InChI=1S/C18H24N4O2S/c1-13(20-21-18(25)19-12-16-7-4-10-24-16)14-5-2-6-15(11-14)22-9-3-8-17(22)23/h2,5-6,11,16H,3-4,7-10,12H2,1H3,(H2,19,21,25)/b20-13-/t16-/m1/s1. The average molecular weight is 360 g/mol. The van der Waals surface area contributed by atoms with Crippen molar-refractivity contribution in [3.8, 4) is 0 Å². The summed E-state index contributed by atoms with van der Waals surface area (Å²) in [7, 11) is 0. The molecule has 0 spiro atoms. The van der Waals surface area contributed by atoms with Crippen LogP contribution in [-0.4, -0.2) is 42.5 Å². The molecule has 134 valence electrons. The second kappa shape index (κ2) is 8.40. The van der Waals surface area contributed by atoms with Crippen molar-refractivity contribution in [2.45, 2.75) is 38.7 Å². The molecule has 25 heavy (non-hydrogen) atoms. The second-order valence-electron chi connectivity index (χ2n) is 6.35. The summed E-state index contributed by atoms with van der Waals surface area (Å²) in [5.74, 6) is 0.185. The van der Waals surface area contributed by atoms with Crippen LogP contribution in [0.25, 0.3) is 0 Å². The van der Waals surface area contributed by atoms with Gasteiger partial charge in [-0.2, -0.15) is 5.10 Å². The molecule has 2 N–H and O–H groups in total. The summed E-state index contributed by atoms with van der Waals surface area (Å²) in [6.45, 7) is 4.24. The van der Waals surface area contributed by atoms with Gasteiger partial charge in [0, 0.05) is 31.8 Å². The zero-order valence-electron chi connectivity index (χ0n) is 14.5. The predicted molar refractivity (Wildman–Crippen MR) is 103 cm³/mol. The highest BCUT2D eigenvalue weighted by molar-refractivity contribution is 7.80. The first-order valence-corrected chi connectivity index (χ1v) is 9.15. The molecular weight excluding hydrogens is 336 g/mol. The molecule has 0 unspecified atom stereocenters. The monoisotopic (exact) mass is 360 g/mol. The van der Waals surface area contributed by atoms with Gasteiger partial charge in [0.15, 0.2) is 5.11 Å². The number of hydrazone groups is 1. The van der Waals surface area contributed by atoms with Crippen molar-refractivity contribution in [2.24, 2.45) is 5.10 Å². The minimum absolute atomic E-state index is 0.185. The van der Waals surface area contributed by atoms with Crippen LogP contribution in [0.1, 0.15) is 38.2 Å². The first-order valence-electron chi connectivity index (χ1n) is 8.74. The minimum Gasteiger partial charge on any atom is -0.376 e. The molecule has 0 radical (unpaired) electrons. The molecule has 7 heteroatoms. The van der Waals surface area contributed by atoms with Crippen molar-refractivity contribution in [2.75, 3.05) is 24.6 Å². The summed E-state index contributed by atoms with van der Waals surface area (Å²) >= 11 is 5.25. The van der Waals surface area contributed by atoms with Gasteiger partial charge >= 0.3 is 0 Å². The topological polar surface area (TPSA) is 66.0 Å². The Morgan fingerprint density at radius 1 is 1.44 bits per heavy atom. The van der Waals surface area contributed by atoms with E-state index in [9.17, 15) is 4.79 Å². The van der Waals surface area contributed by atoms with E-state index in [1.54, 1.807) is 0 Å². The number of benzene rings is 1. The molecule has 0 saturated carbocycles. The Labute approximate surface area is 153 Å². The molecule has 3 rings (SSSR count). The highest BCUT2D eigenvalue weighted by Gasteiger charge is 2.21. The number of hydrogen-bond donors (Lipinski definition) is 2. The number of hydrogen-bond acceptors (Lipinski definition) is 4. The van der Waals surface area contributed by atoms with Gasteiger partial charge in [0.05, 0.1) is 11.8 Å². The molecule has 1 aromatic carbocycles. The molecule has 1 aromatic rings. The number of carbonyl (C=O) groups is 1. The van der Waals surface area contributed by atoms with E-state index in [4.69, 9.17) is 17.0 Å². The molecule has 0 aromatic heterocycles. The maximum Gasteiger partial charge on any atom is 0.227 e. The molecule has 2 aliphatic heterocycles. The number of ether oxygens (including phenoxy) is 1. The smallest absolute Gasteiger partial charge is 0.227 e. The fourth-order valence-electron chi connectivity index (χ4n) is 3.07. The SMILES string of the molecule is C/C(=N/NC(=S)NC[C@H]1CCCO1)c1cccc(N2CCCC2=O)c1. The Balaban J connectivity index is 1.56. The van der Waals surface area contributed by atoms with Gasteiger partial charge in [-0.1, -0.05) is 12.1 Å². The van der Waals surface area contributed by atoms with Crippen LogP contribution in [0.2, 0.25) is 0 Å². The second-order valence-corrected chi connectivity index (χ2v) is 6.76. The van der Waals surface area contributed by atoms with Crippen molar-refractivity contribution in [1.82, 2.24) is 10.7 Å². The van der Waals surface area contributed by atoms with E-state index in [0.29, 0.717) is 18.1 Å². The molecule has 6 nitrogen and oxygen atoms in total. The third kappa shape index (κ3) is 4.76. The van der Waals surface area contributed by atoms with Crippen molar-refractivity contribution < 1.29 is 9.53 Å². The van der Waals surface area contributed by atoms with Gasteiger partial charge in [0.25, 0.3) is 0 Å². The quantitative estimate of drug-likeness (QED) is 0.479. The third-order valence-corrected chi connectivity index (χ3v) is 4.72. The van der Waals surface area contributed by atoms with Gasteiger partial charge in [-0.25, -0.2) is 0 Å². The first-order chi connectivity index (χ1) is 12.1. The molecule has 1 amide bonds. The summed E-state index contributed by atoms with van der Waals surface area (Å²) in [5, 5.41) is 7.96. The van der Waals surface area contributed by atoms with Gasteiger partial charge in [-0.05, 0) is 56.1 Å². The van der Waals surface area contributed by atoms with Gasteiger partial charge < -0.3 is 15.0 Å². The van der Waals surface area contributed by atoms with Crippen molar-refractivity contribution in [3.63, 3.8) is 0 Å². The Hall–Kier alpha value is -1.99. The fourth-order valence-corrected chi connectivity index (χ4v) is 3.20. The number of rotatable bonds is 5. The van der Waals surface area contributed by atoms with E-state index in [-0.39, 0.29) is 12.0 Å². The number of carbonyl (C=O) groups excluding carboxylic acids is 1. The zero-order chi connectivity index (χ0) is 17.6. The van der Waals surface area contributed by atoms with Crippen LogP contribution in [0.15, 0.2) is 29.4 Å². The van der Waals surface area contributed by atoms with Crippen molar-refractivity contribution in [1.29, 1.82) is 0 Å². The molecule has 0 aliphatic carbocycles. The number of anilines is 1. The lowest BCUT2D eigenvalue weighted by molar-refractivity contribution is -0.117. The summed E-state index contributed by atoms with van der Waals surface area (Å²) in [5.41, 5.74) is 5.58. The maximum absolute atomic E-state index is 11.9. The Morgan fingerprint density at radius 3 is 3.04 bits per heavy atom. The Bertz CT molecular complexity index is 671. The zero-order valence-corrected chi connectivity index (χ0v) is 15.3. The Kier molecular flexibility index (Phi) is 5.99. The van der Waals surface area contributed by atoms with Gasteiger partial charge in [0.1, 0.15) is 0 Å². The van der Waals surface area contributed by atoms with Crippen molar-refractivity contribution in [3.05, 3.63) is 29.8 Å². The van der Waals surface area contributed by atoms with E-state index < -0.39 is 0 Å². The summed E-state index contributed by atoms with van der Waals surface area (Å²) in [6.07, 6.45) is 3.96. The molecule has 2 aliphatic rings. The van der Waals surface area contributed by atoms with Crippen molar-refractivity contribution >= 4 is 34.6 Å². The lowest BCUT2D eigenvalue weighted by Gasteiger charge is -2.16. The molecule has 2 saturated heterocycles. The highest BCUT2D eigenvalue weighted by Crippen LogP contribution is 2.22. The van der Waals surface area contributed by atoms with Gasteiger partial charge in [-0.3, -0.25) is 10.2 Å². The average Bonchev–Trinajstić information content (AvgIpc) is 3.29.